The molecule has 2 saturated heterocycles. The third-order valence-corrected chi connectivity index (χ3v) is 5.95. The monoisotopic (exact) mass is 543 g/mol. The number of carbonyl (C=O) groups excluding carboxylic acids is 1. The van der Waals surface area contributed by atoms with E-state index in [0.29, 0.717) is 0 Å². The van der Waals surface area contributed by atoms with Crippen molar-refractivity contribution < 1.29 is 33.2 Å². The van der Waals surface area contributed by atoms with Crippen LogP contribution in [0.4, 0.5) is 0 Å². The standard InChI is InChI=1S/C24H24Cl3NO7/c1-14(29)32-20-19(30-12-15-8-4-2-5-9-15)18-17(33-22(20)35-23(28)24(25,26)27)13-31-21(34-18)16-10-6-3-7-11-16/h2-11,17-22,28H,12-13H2,1H3/t17-,18-,19+,20-,21-,22+/m1/s1. The summed E-state index contributed by atoms with van der Waals surface area (Å²) in [6.45, 7) is 1.57. The van der Waals surface area contributed by atoms with Gasteiger partial charge in [0.05, 0.1) is 13.2 Å². The van der Waals surface area contributed by atoms with Crippen molar-refractivity contribution in [1.29, 1.82) is 5.41 Å². The van der Waals surface area contributed by atoms with Crippen molar-refractivity contribution in [2.45, 2.75) is 54.3 Å². The molecule has 0 saturated carbocycles. The van der Waals surface area contributed by atoms with E-state index < -0.39 is 52.7 Å². The van der Waals surface area contributed by atoms with Gasteiger partial charge in [-0.1, -0.05) is 95.5 Å². The summed E-state index contributed by atoms with van der Waals surface area (Å²) in [5, 5.41) is 7.99. The van der Waals surface area contributed by atoms with Gasteiger partial charge in [-0.3, -0.25) is 10.2 Å². The smallest absolute Gasteiger partial charge is 0.303 e. The van der Waals surface area contributed by atoms with Crippen LogP contribution in [0.1, 0.15) is 24.3 Å². The van der Waals surface area contributed by atoms with Gasteiger partial charge in [0.1, 0.15) is 18.3 Å². The zero-order valence-corrected chi connectivity index (χ0v) is 20.9. The maximum atomic E-state index is 12.0. The fourth-order valence-corrected chi connectivity index (χ4v) is 4.01. The lowest BCUT2D eigenvalue weighted by Gasteiger charge is -2.48. The van der Waals surface area contributed by atoms with Crippen LogP contribution in [-0.2, 0) is 39.8 Å². The van der Waals surface area contributed by atoms with Gasteiger partial charge in [0, 0.05) is 12.5 Å². The van der Waals surface area contributed by atoms with Crippen molar-refractivity contribution in [2.75, 3.05) is 6.61 Å². The van der Waals surface area contributed by atoms with E-state index in [1.54, 1.807) is 0 Å². The van der Waals surface area contributed by atoms with Gasteiger partial charge in [-0.05, 0) is 5.56 Å². The van der Waals surface area contributed by atoms with Crippen LogP contribution in [0.2, 0.25) is 0 Å². The van der Waals surface area contributed by atoms with Crippen LogP contribution >= 0.6 is 34.8 Å². The number of carbonyl (C=O) groups is 1. The Kier molecular flexibility index (Phi) is 8.54. The molecule has 0 radical (unpaired) electrons. The zero-order valence-electron chi connectivity index (χ0n) is 18.6. The Labute approximate surface area is 217 Å². The molecule has 2 aliphatic rings. The highest BCUT2D eigenvalue weighted by atomic mass is 35.6. The van der Waals surface area contributed by atoms with Crippen molar-refractivity contribution in [3.8, 4) is 0 Å². The second kappa shape index (κ2) is 11.4. The largest absolute Gasteiger partial charge is 0.453 e. The van der Waals surface area contributed by atoms with Crippen molar-refractivity contribution in [3.05, 3.63) is 71.8 Å². The van der Waals surface area contributed by atoms with Crippen molar-refractivity contribution in [3.63, 3.8) is 0 Å². The number of fused-ring (bicyclic) bond motifs is 1. The third-order valence-electron chi connectivity index (χ3n) is 5.43. The Hall–Kier alpha value is -1.91. The van der Waals surface area contributed by atoms with Gasteiger partial charge in [-0.2, -0.15) is 0 Å². The van der Waals surface area contributed by atoms with Crippen LogP contribution in [0.25, 0.3) is 0 Å². The first-order chi connectivity index (χ1) is 16.7. The molecule has 0 unspecified atom stereocenters. The predicted molar refractivity (Wildman–Crippen MR) is 128 cm³/mol. The molecule has 0 bridgehead atoms. The summed E-state index contributed by atoms with van der Waals surface area (Å²) in [5.74, 6) is -1.30. The Morgan fingerprint density at radius 2 is 1.66 bits per heavy atom. The number of hydrogen-bond acceptors (Lipinski definition) is 8. The highest BCUT2D eigenvalue weighted by Crippen LogP contribution is 2.38. The van der Waals surface area contributed by atoms with E-state index in [0.717, 1.165) is 11.1 Å². The van der Waals surface area contributed by atoms with Crippen LogP contribution in [0.3, 0.4) is 0 Å². The number of alkyl halides is 3. The quantitative estimate of drug-likeness (QED) is 0.244. The summed E-state index contributed by atoms with van der Waals surface area (Å²) in [5.41, 5.74) is 1.71. The number of benzene rings is 2. The number of ether oxygens (including phenoxy) is 6. The minimum absolute atomic E-state index is 0.128. The number of rotatable bonds is 6. The molecular weight excluding hydrogens is 521 g/mol. The molecule has 2 aromatic carbocycles. The van der Waals surface area contributed by atoms with Gasteiger partial charge in [0.15, 0.2) is 12.4 Å². The molecule has 35 heavy (non-hydrogen) atoms. The van der Waals surface area contributed by atoms with Crippen molar-refractivity contribution in [1.82, 2.24) is 0 Å². The lowest BCUT2D eigenvalue weighted by molar-refractivity contribution is -0.358. The summed E-state index contributed by atoms with van der Waals surface area (Å²) in [6, 6.07) is 18.9. The topological polar surface area (TPSA) is 96.3 Å². The van der Waals surface area contributed by atoms with E-state index in [1.165, 1.54) is 6.92 Å². The summed E-state index contributed by atoms with van der Waals surface area (Å²) in [6.07, 6.45) is -5.32. The molecule has 2 aliphatic heterocycles. The van der Waals surface area contributed by atoms with E-state index in [9.17, 15) is 4.79 Å². The number of halogens is 3. The zero-order chi connectivity index (χ0) is 25.0. The summed E-state index contributed by atoms with van der Waals surface area (Å²) < 4.78 is 33.3. The van der Waals surface area contributed by atoms with Gasteiger partial charge in [0.25, 0.3) is 3.79 Å². The molecule has 0 amide bonds. The third kappa shape index (κ3) is 6.65. The van der Waals surface area contributed by atoms with Crippen LogP contribution in [0.5, 0.6) is 0 Å². The van der Waals surface area contributed by atoms with Crippen LogP contribution < -0.4 is 0 Å². The van der Waals surface area contributed by atoms with Gasteiger partial charge in [-0.25, -0.2) is 0 Å². The summed E-state index contributed by atoms with van der Waals surface area (Å²) in [7, 11) is 0. The Bertz CT molecular complexity index is 1010. The lowest BCUT2D eigenvalue weighted by atomic mass is 9.97. The molecule has 1 N–H and O–H groups in total. The normalized spacial score (nSPS) is 28.6. The molecule has 2 aromatic rings. The number of nitrogens with one attached hydrogen (secondary N) is 1. The molecule has 11 heteroatoms. The van der Waals surface area contributed by atoms with Gasteiger partial charge < -0.3 is 28.4 Å². The van der Waals surface area contributed by atoms with Gasteiger partial charge >= 0.3 is 5.97 Å². The minimum atomic E-state index is -2.14. The first-order valence-electron chi connectivity index (χ1n) is 10.8. The predicted octanol–water partition coefficient (Wildman–Crippen LogP) is 4.71. The SMILES string of the molecule is CC(=O)O[C@H]1[C@H](OC(=N)C(Cl)(Cl)Cl)O[C@@H]2CO[C@@H](c3ccccc3)O[C@H]2[C@@H]1OCc1ccccc1. The van der Waals surface area contributed by atoms with Crippen molar-refractivity contribution in [2.24, 2.45) is 0 Å². The molecule has 2 fully saturated rings. The van der Waals surface area contributed by atoms with Crippen molar-refractivity contribution >= 4 is 46.7 Å². The van der Waals surface area contributed by atoms with Gasteiger partial charge in [0.2, 0.25) is 12.2 Å². The molecule has 4 rings (SSSR count). The maximum absolute atomic E-state index is 12.0. The van der Waals surface area contributed by atoms with Crippen LogP contribution in [0.15, 0.2) is 60.7 Å². The van der Waals surface area contributed by atoms with Crippen LogP contribution in [0, 0.1) is 5.41 Å². The number of esters is 1. The molecule has 2 heterocycles. The first-order valence-corrected chi connectivity index (χ1v) is 12.0. The average molecular weight is 545 g/mol. The van der Waals surface area contributed by atoms with Crippen LogP contribution in [-0.4, -0.2) is 53.0 Å². The summed E-state index contributed by atoms with van der Waals surface area (Å²) in [4.78, 5) is 12.0. The lowest BCUT2D eigenvalue weighted by Crippen LogP contribution is -2.64. The molecule has 0 aromatic heterocycles. The molecule has 188 valence electrons. The average Bonchev–Trinajstić information content (AvgIpc) is 2.84. The molecule has 8 nitrogen and oxygen atoms in total. The highest BCUT2D eigenvalue weighted by molar-refractivity contribution is 6.76. The van der Waals surface area contributed by atoms with E-state index in [1.807, 2.05) is 60.7 Å². The Morgan fingerprint density at radius 3 is 2.29 bits per heavy atom. The molecule has 0 spiro atoms. The molecule has 0 aliphatic carbocycles. The second-order valence-electron chi connectivity index (χ2n) is 8.00. The fraction of sp³-hybridized carbons (Fsp3) is 0.417. The second-order valence-corrected chi connectivity index (χ2v) is 10.3. The number of hydrogen-bond donors (Lipinski definition) is 1. The van der Waals surface area contributed by atoms with E-state index in [2.05, 4.69) is 0 Å². The summed E-state index contributed by atoms with van der Waals surface area (Å²) >= 11 is 17.4. The maximum Gasteiger partial charge on any atom is 0.303 e. The van der Waals surface area contributed by atoms with E-state index in [-0.39, 0.29) is 13.2 Å². The van der Waals surface area contributed by atoms with E-state index >= 15 is 0 Å². The van der Waals surface area contributed by atoms with Gasteiger partial charge in [-0.15, -0.1) is 0 Å². The molecule has 6 atom stereocenters. The first kappa shape index (κ1) is 26.2. The molecular formula is C24H24Cl3NO7. The Morgan fingerprint density at radius 1 is 1.00 bits per heavy atom. The minimum Gasteiger partial charge on any atom is -0.453 e. The fourth-order valence-electron chi connectivity index (χ4n) is 3.88. The highest BCUT2D eigenvalue weighted by Gasteiger charge is 2.54. The van der Waals surface area contributed by atoms with E-state index in [4.69, 9.17) is 68.6 Å². The Balaban J connectivity index is 1.62.